The Kier molecular flexibility index (Phi) is 10.1. The number of furan rings is 1. The van der Waals surface area contributed by atoms with E-state index >= 15 is 0 Å². The highest BCUT2D eigenvalue weighted by Gasteiger charge is 2.29. The van der Waals surface area contributed by atoms with Crippen LogP contribution in [0.2, 0.25) is 0 Å². The van der Waals surface area contributed by atoms with Crippen LogP contribution >= 0.6 is 0 Å². The third-order valence-electron chi connectivity index (χ3n) is 13.9. The van der Waals surface area contributed by atoms with E-state index < -0.39 is 0 Å². The van der Waals surface area contributed by atoms with Gasteiger partial charge in [0.25, 0.3) is 0 Å². The van der Waals surface area contributed by atoms with Gasteiger partial charge in [-0.2, -0.15) is 0 Å². The van der Waals surface area contributed by atoms with Crippen molar-refractivity contribution in [3.8, 4) is 50.6 Å². The van der Waals surface area contributed by atoms with Gasteiger partial charge in [0.05, 0.1) is 16.4 Å². The molecular weight excluding hydrogens is 834 g/mol. The van der Waals surface area contributed by atoms with E-state index in [1.54, 1.807) is 0 Å². The maximum absolute atomic E-state index is 7.04. The molecule has 0 atom stereocenters. The molecule has 0 saturated carbocycles. The molecule has 70 heavy (non-hydrogen) atoms. The van der Waals surface area contributed by atoms with Gasteiger partial charge in [0.15, 0.2) is 11.4 Å². The summed E-state index contributed by atoms with van der Waals surface area (Å²) in [5, 5.41) is 7.16. The van der Waals surface area contributed by atoms with Crippen LogP contribution in [0.15, 0.2) is 108 Å². The van der Waals surface area contributed by atoms with E-state index in [2.05, 4.69) is 71.3 Å². The molecule has 4 nitrogen and oxygen atoms in total. The average Bonchev–Trinajstić information content (AvgIpc) is 3.93. The van der Waals surface area contributed by atoms with Crippen molar-refractivity contribution in [3.63, 3.8) is 0 Å². The molecule has 0 fully saturated rings. The number of fused-ring (bicyclic) bond motifs is 6. The first kappa shape index (κ1) is 44.6. The zero-order valence-corrected chi connectivity index (χ0v) is 37.1. The summed E-state index contributed by atoms with van der Waals surface area (Å²) in [6.07, 6.45) is 0. The molecule has 3 aromatic heterocycles. The molecule has 3 heterocycles. The molecule has 12 rings (SSSR count). The van der Waals surface area contributed by atoms with Gasteiger partial charge in [-0.3, -0.25) is 0 Å². The molecule has 0 saturated heterocycles. The molecule has 0 aliphatic heterocycles. The molecule has 0 aliphatic carbocycles. The normalized spacial score (nSPS) is 11.9. The highest BCUT2D eigenvalue weighted by atomic mass is 16.3. The van der Waals surface area contributed by atoms with Crippen molar-refractivity contribution in [2.75, 3.05) is 0 Å². The van der Waals surface area contributed by atoms with Crippen LogP contribution in [0.3, 0.4) is 0 Å². The molecule has 288 valence electrons. The summed E-state index contributed by atoms with van der Waals surface area (Å²) in [7, 11) is 92.3. The standard InChI is InChI=1S/C52H17B14N3O/c53-35-31(32-37(55)43(61)47(65)44(62)38(32)56)36(54)40(58)33(39(35)57)50-51-49(67-52(68-50)34-41(59)45(63)48(66)46(64)42(34)60)29-22(13-7-15-26(29)70-51)23-16-17-25-30-27(23)20-11-5-4-10-19(20)21-12-6-14-24(28(21)30)69(25)18-8-2-1-3-9-18/h1-17H. The molecule has 0 spiro atoms. The lowest BCUT2D eigenvalue weighted by molar-refractivity contribution is 0.667. The molecule has 0 unspecified atom stereocenters. The Bertz CT molecular complexity index is 4210. The predicted molar refractivity (Wildman–Crippen MR) is 307 cm³/mol. The Morgan fingerprint density at radius 3 is 1.44 bits per heavy atom. The minimum atomic E-state index is -0.0751. The van der Waals surface area contributed by atoms with Crippen LogP contribution in [0.1, 0.15) is 0 Å². The van der Waals surface area contributed by atoms with Crippen LogP contribution in [0.5, 0.6) is 0 Å². The minimum Gasteiger partial charge on any atom is -0.452 e. The summed E-state index contributed by atoms with van der Waals surface area (Å²) >= 11 is 0. The van der Waals surface area contributed by atoms with Crippen LogP contribution in [-0.4, -0.2) is 124 Å². The number of para-hydroxylation sites is 1. The molecule has 28 radical (unpaired) electrons. The number of hydrogen-bond acceptors (Lipinski definition) is 3. The number of hydrogen-bond donors (Lipinski definition) is 0. The van der Waals surface area contributed by atoms with Crippen LogP contribution in [0, 0.1) is 0 Å². The Balaban J connectivity index is 1.22. The minimum absolute atomic E-state index is 0.00429. The molecule has 18 heteroatoms. The van der Waals surface area contributed by atoms with Crippen molar-refractivity contribution in [3.05, 3.63) is 103 Å². The summed E-state index contributed by atoms with van der Waals surface area (Å²) < 4.78 is 9.15. The van der Waals surface area contributed by atoms with E-state index in [0.29, 0.717) is 16.5 Å². The fraction of sp³-hybridized carbons (Fsp3) is 0. The highest BCUT2D eigenvalue weighted by molar-refractivity contribution is 6.71. The van der Waals surface area contributed by atoms with E-state index in [1.807, 2.05) is 36.4 Å². The first-order valence-electron chi connectivity index (χ1n) is 21.9. The predicted octanol–water partition coefficient (Wildman–Crippen LogP) is -3.00. The van der Waals surface area contributed by atoms with Gasteiger partial charge >= 0.3 is 0 Å². The lowest BCUT2D eigenvalue weighted by atomic mass is 9.56. The quantitative estimate of drug-likeness (QED) is 0.137. The van der Waals surface area contributed by atoms with Gasteiger partial charge in [-0.25, -0.2) is 9.97 Å². The first-order chi connectivity index (χ1) is 33.6. The molecule has 12 aromatic rings. The van der Waals surface area contributed by atoms with Gasteiger partial charge in [-0.15, -0.1) is 32.8 Å². The number of rotatable bonds is 5. The molecule has 0 aliphatic rings. The number of aromatic nitrogens is 3. The fourth-order valence-corrected chi connectivity index (χ4v) is 10.4. The Hall–Kier alpha value is -6.65. The van der Waals surface area contributed by atoms with E-state index in [9.17, 15) is 0 Å². The van der Waals surface area contributed by atoms with Crippen molar-refractivity contribution in [1.82, 2.24) is 14.5 Å². The fourth-order valence-electron chi connectivity index (χ4n) is 10.4. The van der Waals surface area contributed by atoms with Crippen molar-refractivity contribution in [1.29, 1.82) is 0 Å². The summed E-state index contributed by atoms with van der Waals surface area (Å²) in [6, 6.07) is 35.3. The van der Waals surface area contributed by atoms with Crippen molar-refractivity contribution in [2.45, 2.75) is 0 Å². The van der Waals surface area contributed by atoms with Gasteiger partial charge < -0.3 is 8.98 Å². The smallest absolute Gasteiger partial charge is 0.180 e. The van der Waals surface area contributed by atoms with Crippen LogP contribution in [0.25, 0.3) is 116 Å². The molecule has 9 aromatic carbocycles. The van der Waals surface area contributed by atoms with Crippen molar-refractivity contribution >= 4 is 252 Å². The SMILES string of the molecule is [B]c1c([B])c([B])c(-c2nc(-c3c([B])c([B])c(-c4c([B])c([B])c([B])c([B])c4[B])c([B])c3[B])c3oc4cccc(-c5ccc6c7c5c5ccccc5c5cccc(c57)n6-c5ccccc5)c4c3n2)c([B])c1[B]. The van der Waals surface area contributed by atoms with Gasteiger partial charge in [0.2, 0.25) is 0 Å². The highest BCUT2D eigenvalue weighted by Crippen LogP contribution is 2.49. The largest absolute Gasteiger partial charge is 0.452 e. The molecule has 0 bridgehead atoms. The van der Waals surface area contributed by atoms with Crippen LogP contribution in [-0.2, 0) is 0 Å². The summed E-state index contributed by atoms with van der Waals surface area (Å²) in [5.74, 6) is -0.0151. The third kappa shape index (κ3) is 5.98. The van der Waals surface area contributed by atoms with Gasteiger partial charge in [0, 0.05) is 27.4 Å². The lowest BCUT2D eigenvalue weighted by Gasteiger charge is -2.28. The van der Waals surface area contributed by atoms with Gasteiger partial charge in [-0.1, -0.05) is 116 Å². The second-order valence-corrected chi connectivity index (χ2v) is 17.4. The number of benzene rings is 9. The van der Waals surface area contributed by atoms with E-state index in [-0.39, 0.29) is 116 Å². The summed E-state index contributed by atoms with van der Waals surface area (Å²) in [5.41, 5.74) is 5.76. The Morgan fingerprint density at radius 2 is 0.814 bits per heavy atom. The monoisotopic (exact) mass is 853 g/mol. The maximum Gasteiger partial charge on any atom is 0.180 e. The van der Waals surface area contributed by atoms with Gasteiger partial charge in [-0.05, 0) is 74.3 Å². The van der Waals surface area contributed by atoms with Gasteiger partial charge in [0.1, 0.15) is 127 Å². The summed E-state index contributed by atoms with van der Waals surface area (Å²) in [6.45, 7) is 0. The molecular formula is C52H17B14N3O. The topological polar surface area (TPSA) is 43.9 Å². The molecule has 0 N–H and O–H groups in total. The third-order valence-corrected chi connectivity index (χ3v) is 13.9. The van der Waals surface area contributed by atoms with E-state index in [0.717, 1.165) is 60.2 Å². The average molecular weight is 851 g/mol. The Labute approximate surface area is 422 Å². The van der Waals surface area contributed by atoms with Crippen LogP contribution < -0.4 is 76.5 Å². The van der Waals surface area contributed by atoms with E-state index in [1.165, 1.54) is 0 Å². The molecule has 0 amide bonds. The summed E-state index contributed by atoms with van der Waals surface area (Å²) in [4.78, 5) is 10.2. The first-order valence-corrected chi connectivity index (χ1v) is 21.9. The number of nitrogens with zero attached hydrogens (tertiary/aromatic N) is 3. The lowest BCUT2D eigenvalue weighted by Crippen LogP contribution is -2.57. The van der Waals surface area contributed by atoms with Crippen molar-refractivity contribution < 1.29 is 4.42 Å². The van der Waals surface area contributed by atoms with E-state index in [4.69, 9.17) is 124 Å². The van der Waals surface area contributed by atoms with Crippen molar-refractivity contribution in [2.24, 2.45) is 0 Å². The Morgan fingerprint density at radius 1 is 0.343 bits per heavy atom. The van der Waals surface area contributed by atoms with Crippen LogP contribution in [0.4, 0.5) is 0 Å². The second kappa shape index (κ2) is 15.9. The zero-order valence-electron chi connectivity index (χ0n) is 37.1. The second-order valence-electron chi connectivity index (χ2n) is 17.4. The zero-order chi connectivity index (χ0) is 48.9. The maximum atomic E-state index is 7.04.